The summed E-state index contributed by atoms with van der Waals surface area (Å²) in [5.41, 5.74) is 8.20. The van der Waals surface area contributed by atoms with E-state index in [1.165, 1.54) is 23.3 Å². The number of ether oxygens (including phenoxy) is 2. The van der Waals surface area contributed by atoms with Crippen LogP contribution in [0.15, 0.2) is 72.1 Å². The molecule has 0 bridgehead atoms. The maximum atomic E-state index is 14.4. The zero-order valence-electron chi connectivity index (χ0n) is 22.5. The molecular weight excluding hydrogens is 523 g/mol. The summed E-state index contributed by atoms with van der Waals surface area (Å²) >= 11 is 1.64. The monoisotopic (exact) mass is 554 g/mol. The highest BCUT2D eigenvalue weighted by atomic mass is 32.1. The van der Waals surface area contributed by atoms with E-state index in [1.807, 2.05) is 31.3 Å². The van der Waals surface area contributed by atoms with Gasteiger partial charge in [-0.15, -0.1) is 11.3 Å². The number of methoxy groups -OCH3 is 1. The van der Waals surface area contributed by atoms with Crippen LogP contribution in [-0.2, 0) is 17.7 Å². The summed E-state index contributed by atoms with van der Waals surface area (Å²) in [5.74, 6) is 0.776. The Hall–Kier alpha value is -3.98. The predicted molar refractivity (Wildman–Crippen MR) is 163 cm³/mol. The zero-order valence-corrected chi connectivity index (χ0v) is 23.3. The van der Waals surface area contributed by atoms with Crippen LogP contribution in [0.1, 0.15) is 11.1 Å². The lowest BCUT2D eigenvalue weighted by Crippen LogP contribution is -2.23. The van der Waals surface area contributed by atoms with Gasteiger partial charge in [0.05, 0.1) is 12.3 Å². The second kappa shape index (κ2) is 11.6. The lowest BCUT2D eigenvalue weighted by Gasteiger charge is -2.20. The standard InChI is InChI=1S/C32H31FN4O2S/c1-34-24-4-3-5-25(18-24)36-32-29(26-9-8-23(33)17-28(26)39-14-13-38-2)31-27(11-15-40-31)30(37-32)21-6-7-22-19-35-12-10-20(22)16-21/h3-9,11,15-18,34-35H,10,12-14,19H2,1-2H3,(H,36,37). The summed E-state index contributed by atoms with van der Waals surface area (Å²) in [7, 11) is 3.51. The van der Waals surface area contributed by atoms with Gasteiger partial charge in [-0.2, -0.15) is 0 Å². The molecule has 0 unspecified atom stereocenters. The van der Waals surface area contributed by atoms with Crippen LogP contribution in [0.25, 0.3) is 32.5 Å². The summed E-state index contributed by atoms with van der Waals surface area (Å²) in [4.78, 5) is 5.26. The Morgan fingerprint density at radius 2 is 1.90 bits per heavy atom. The summed E-state index contributed by atoms with van der Waals surface area (Å²) in [5, 5.41) is 13.4. The van der Waals surface area contributed by atoms with Crippen molar-refractivity contribution in [2.24, 2.45) is 0 Å². The molecular formula is C32H31FN4O2S. The number of rotatable bonds is 9. The van der Waals surface area contributed by atoms with Crippen molar-refractivity contribution in [2.45, 2.75) is 13.0 Å². The van der Waals surface area contributed by atoms with Crippen molar-refractivity contribution in [3.05, 3.63) is 89.1 Å². The number of hydrogen-bond acceptors (Lipinski definition) is 7. The molecule has 8 heteroatoms. The second-order valence-corrected chi connectivity index (χ2v) is 10.6. The Balaban J connectivity index is 1.56. The number of hydrogen-bond donors (Lipinski definition) is 3. The van der Waals surface area contributed by atoms with Crippen LogP contribution >= 0.6 is 11.3 Å². The first-order valence-electron chi connectivity index (χ1n) is 13.3. The number of aromatic nitrogens is 1. The fourth-order valence-electron chi connectivity index (χ4n) is 5.16. The van der Waals surface area contributed by atoms with Gasteiger partial charge in [0, 0.05) is 64.9 Å². The van der Waals surface area contributed by atoms with Crippen LogP contribution in [0.4, 0.5) is 21.6 Å². The molecule has 2 aromatic heterocycles. The van der Waals surface area contributed by atoms with Crippen molar-refractivity contribution in [3.8, 4) is 28.1 Å². The van der Waals surface area contributed by atoms with E-state index in [4.69, 9.17) is 14.5 Å². The first-order valence-corrected chi connectivity index (χ1v) is 14.2. The molecule has 0 aliphatic carbocycles. The normalized spacial score (nSPS) is 12.8. The number of nitrogens with zero attached hydrogens (tertiary/aromatic N) is 1. The fraction of sp³-hybridized carbons (Fsp3) is 0.219. The average Bonchev–Trinajstić information content (AvgIpc) is 3.47. The van der Waals surface area contributed by atoms with Gasteiger partial charge in [-0.1, -0.05) is 18.2 Å². The van der Waals surface area contributed by atoms with E-state index in [2.05, 4.69) is 45.6 Å². The van der Waals surface area contributed by atoms with Gasteiger partial charge in [-0.05, 0) is 71.9 Å². The van der Waals surface area contributed by atoms with Crippen molar-refractivity contribution in [3.63, 3.8) is 0 Å². The van der Waals surface area contributed by atoms with Crippen LogP contribution in [0.3, 0.4) is 0 Å². The number of anilines is 3. The van der Waals surface area contributed by atoms with Gasteiger partial charge < -0.3 is 25.4 Å². The molecule has 3 heterocycles. The molecule has 1 aliphatic heterocycles. The van der Waals surface area contributed by atoms with E-state index >= 15 is 0 Å². The Kier molecular flexibility index (Phi) is 7.64. The van der Waals surface area contributed by atoms with Crippen molar-refractivity contribution in [2.75, 3.05) is 44.5 Å². The summed E-state index contributed by atoms with van der Waals surface area (Å²) < 4.78 is 26.7. The van der Waals surface area contributed by atoms with Gasteiger partial charge in [0.2, 0.25) is 0 Å². The molecule has 1 aliphatic rings. The SMILES string of the molecule is CNc1cccc(Nc2nc(-c3ccc4c(c3)CCNC4)c3ccsc3c2-c2ccc(F)cc2OCCOC)c1. The molecule has 0 spiro atoms. The largest absolute Gasteiger partial charge is 0.490 e. The molecule has 40 heavy (non-hydrogen) atoms. The molecule has 0 fully saturated rings. The van der Waals surface area contributed by atoms with Crippen molar-refractivity contribution in [1.29, 1.82) is 0 Å². The Morgan fingerprint density at radius 3 is 2.77 bits per heavy atom. The number of halogens is 1. The van der Waals surface area contributed by atoms with Crippen LogP contribution < -0.4 is 20.7 Å². The van der Waals surface area contributed by atoms with E-state index in [1.54, 1.807) is 24.5 Å². The van der Waals surface area contributed by atoms with Crippen molar-refractivity contribution >= 4 is 38.6 Å². The molecule has 6 nitrogen and oxygen atoms in total. The van der Waals surface area contributed by atoms with Crippen LogP contribution in [-0.4, -0.2) is 38.9 Å². The minimum Gasteiger partial charge on any atom is -0.490 e. The number of fused-ring (bicyclic) bond motifs is 2. The third-order valence-corrected chi connectivity index (χ3v) is 8.08. The van der Waals surface area contributed by atoms with Crippen molar-refractivity contribution in [1.82, 2.24) is 10.3 Å². The highest BCUT2D eigenvalue weighted by Crippen LogP contribution is 2.46. The van der Waals surface area contributed by atoms with Gasteiger partial charge in [0.1, 0.15) is 24.0 Å². The van der Waals surface area contributed by atoms with E-state index in [0.29, 0.717) is 24.8 Å². The highest BCUT2D eigenvalue weighted by molar-refractivity contribution is 7.18. The molecule has 0 atom stereocenters. The smallest absolute Gasteiger partial charge is 0.140 e. The maximum absolute atomic E-state index is 14.4. The second-order valence-electron chi connectivity index (χ2n) is 9.70. The highest BCUT2D eigenvalue weighted by Gasteiger charge is 2.22. The third kappa shape index (κ3) is 5.25. The quantitative estimate of drug-likeness (QED) is 0.167. The van der Waals surface area contributed by atoms with Crippen LogP contribution in [0.2, 0.25) is 0 Å². The molecule has 204 valence electrons. The topological polar surface area (TPSA) is 67.4 Å². The molecule has 0 saturated carbocycles. The Morgan fingerprint density at radius 1 is 1.00 bits per heavy atom. The lowest BCUT2D eigenvalue weighted by molar-refractivity contribution is 0.146. The van der Waals surface area contributed by atoms with Gasteiger partial charge in [0.25, 0.3) is 0 Å². The van der Waals surface area contributed by atoms with Gasteiger partial charge in [0.15, 0.2) is 0 Å². The number of pyridine rings is 1. The molecule has 0 radical (unpaired) electrons. The van der Waals surface area contributed by atoms with Gasteiger partial charge in [-0.25, -0.2) is 9.37 Å². The van der Waals surface area contributed by atoms with E-state index in [0.717, 1.165) is 63.4 Å². The molecule has 3 aromatic carbocycles. The maximum Gasteiger partial charge on any atom is 0.140 e. The zero-order chi connectivity index (χ0) is 27.5. The molecule has 3 N–H and O–H groups in total. The first-order chi connectivity index (χ1) is 19.6. The fourth-order valence-corrected chi connectivity index (χ4v) is 6.11. The first kappa shape index (κ1) is 26.3. The Bertz CT molecular complexity index is 1670. The van der Waals surface area contributed by atoms with Crippen LogP contribution in [0, 0.1) is 5.82 Å². The molecule has 0 saturated heterocycles. The van der Waals surface area contributed by atoms with E-state index in [-0.39, 0.29) is 5.82 Å². The Labute approximate surface area is 237 Å². The van der Waals surface area contributed by atoms with Crippen molar-refractivity contribution < 1.29 is 13.9 Å². The number of nitrogens with one attached hydrogen (secondary N) is 3. The van der Waals surface area contributed by atoms with E-state index in [9.17, 15) is 4.39 Å². The minimum atomic E-state index is -0.358. The molecule has 5 aromatic rings. The molecule has 6 rings (SSSR count). The summed E-state index contributed by atoms with van der Waals surface area (Å²) in [6, 6.07) is 21.5. The van der Waals surface area contributed by atoms with Gasteiger partial charge >= 0.3 is 0 Å². The lowest BCUT2D eigenvalue weighted by atomic mass is 9.95. The third-order valence-electron chi connectivity index (χ3n) is 7.15. The molecule has 0 amide bonds. The summed E-state index contributed by atoms with van der Waals surface area (Å²) in [6.07, 6.45) is 0.994. The average molecular weight is 555 g/mol. The summed E-state index contributed by atoms with van der Waals surface area (Å²) in [6.45, 7) is 2.57. The van der Waals surface area contributed by atoms with Gasteiger partial charge in [-0.3, -0.25) is 0 Å². The van der Waals surface area contributed by atoms with Crippen LogP contribution in [0.5, 0.6) is 5.75 Å². The van der Waals surface area contributed by atoms with E-state index < -0.39 is 0 Å². The number of thiophene rings is 1. The predicted octanol–water partition coefficient (Wildman–Crippen LogP) is 7.23. The number of benzene rings is 3. The minimum absolute atomic E-state index is 0.309.